The van der Waals surface area contributed by atoms with Crippen LogP contribution in [0.5, 0.6) is 0 Å². The number of carbonyl (C=O) groups is 1. The Hall–Kier alpha value is -1.71. The Morgan fingerprint density at radius 1 is 1.45 bits per heavy atom. The first-order valence-electron chi connectivity index (χ1n) is 7.57. The Labute approximate surface area is 135 Å². The predicted octanol–water partition coefficient (Wildman–Crippen LogP) is 2.00. The number of amides is 1. The van der Waals surface area contributed by atoms with E-state index in [9.17, 15) is 4.79 Å². The lowest BCUT2D eigenvalue weighted by atomic mass is 10.1. The van der Waals surface area contributed by atoms with Crippen LogP contribution >= 0.6 is 11.8 Å². The van der Waals surface area contributed by atoms with Crippen molar-refractivity contribution >= 4 is 23.4 Å². The Kier molecular flexibility index (Phi) is 6.56. The third-order valence-corrected chi connectivity index (χ3v) is 4.65. The van der Waals surface area contributed by atoms with Crippen molar-refractivity contribution < 1.29 is 4.79 Å². The van der Waals surface area contributed by atoms with Gasteiger partial charge in [-0.2, -0.15) is 5.26 Å². The van der Waals surface area contributed by atoms with Gasteiger partial charge in [-0.05, 0) is 31.4 Å². The van der Waals surface area contributed by atoms with Crippen molar-refractivity contribution in [2.45, 2.75) is 25.3 Å². The lowest BCUT2D eigenvalue weighted by Gasteiger charge is -2.19. The number of thioether (sulfide) groups is 1. The summed E-state index contributed by atoms with van der Waals surface area (Å²) < 4.78 is 0. The number of para-hydroxylation sites is 1. The summed E-state index contributed by atoms with van der Waals surface area (Å²) in [7, 11) is 0. The summed E-state index contributed by atoms with van der Waals surface area (Å²) in [6.07, 6.45) is 2.53. The van der Waals surface area contributed by atoms with Crippen LogP contribution in [-0.2, 0) is 4.79 Å². The number of nitrogens with zero attached hydrogens (tertiary/aromatic N) is 2. The summed E-state index contributed by atoms with van der Waals surface area (Å²) in [6.45, 7) is 1.60. The van der Waals surface area contributed by atoms with E-state index >= 15 is 0 Å². The first-order chi connectivity index (χ1) is 10.7. The molecule has 118 valence electrons. The second-order valence-corrected chi connectivity index (χ2v) is 6.40. The van der Waals surface area contributed by atoms with Crippen LogP contribution in [0.3, 0.4) is 0 Å². The number of hydrogen-bond acceptors (Lipinski definition) is 5. The number of anilines is 1. The monoisotopic (exact) mass is 318 g/mol. The fraction of sp³-hybridized carbons (Fsp3) is 0.500. The average Bonchev–Trinajstić information content (AvgIpc) is 3.08. The van der Waals surface area contributed by atoms with Crippen LogP contribution in [0, 0.1) is 11.3 Å². The Morgan fingerprint density at radius 2 is 2.27 bits per heavy atom. The summed E-state index contributed by atoms with van der Waals surface area (Å²) in [4.78, 5) is 13.9. The summed E-state index contributed by atoms with van der Waals surface area (Å²) in [5.41, 5.74) is 7.49. The zero-order valence-electron chi connectivity index (χ0n) is 12.6. The largest absolute Gasteiger partial charge is 0.384 e. The maximum Gasteiger partial charge on any atom is 0.240 e. The van der Waals surface area contributed by atoms with Gasteiger partial charge in [-0.15, -0.1) is 11.8 Å². The van der Waals surface area contributed by atoms with Crippen molar-refractivity contribution in [3.05, 3.63) is 29.8 Å². The smallest absolute Gasteiger partial charge is 0.240 e. The molecule has 1 aliphatic heterocycles. The Balaban J connectivity index is 1.64. The molecule has 0 aromatic heterocycles. The first-order valence-corrected chi connectivity index (χ1v) is 8.73. The van der Waals surface area contributed by atoms with Crippen LogP contribution in [0.2, 0.25) is 0 Å². The van der Waals surface area contributed by atoms with Crippen molar-refractivity contribution in [1.82, 2.24) is 4.90 Å². The molecule has 22 heavy (non-hydrogen) atoms. The first kappa shape index (κ1) is 16.7. The maximum atomic E-state index is 12.0. The summed E-state index contributed by atoms with van der Waals surface area (Å²) in [5.74, 6) is 1.87. The minimum atomic E-state index is -0.384. The summed E-state index contributed by atoms with van der Waals surface area (Å²) >= 11 is 1.77. The third-order valence-electron chi connectivity index (χ3n) is 3.69. The highest BCUT2D eigenvalue weighted by Crippen LogP contribution is 2.16. The van der Waals surface area contributed by atoms with Crippen LogP contribution in [0.4, 0.5) is 5.69 Å². The Bertz CT molecular complexity index is 537. The molecular weight excluding hydrogens is 296 g/mol. The molecule has 1 amide bonds. The van der Waals surface area contributed by atoms with Gasteiger partial charge in [0.1, 0.15) is 6.07 Å². The average molecular weight is 318 g/mol. The fourth-order valence-corrected chi connectivity index (χ4v) is 3.35. The minimum absolute atomic E-state index is 0.0767. The molecule has 1 saturated heterocycles. The van der Waals surface area contributed by atoms with Crippen LogP contribution in [0.15, 0.2) is 24.3 Å². The maximum absolute atomic E-state index is 12.0. The molecule has 1 heterocycles. The lowest BCUT2D eigenvalue weighted by Crippen LogP contribution is -2.42. The normalized spacial score (nSPS) is 15.4. The second kappa shape index (κ2) is 8.66. The zero-order chi connectivity index (χ0) is 15.8. The van der Waals surface area contributed by atoms with E-state index < -0.39 is 0 Å². The van der Waals surface area contributed by atoms with E-state index in [0.29, 0.717) is 12.0 Å². The van der Waals surface area contributed by atoms with E-state index in [1.165, 1.54) is 0 Å². The topological polar surface area (TPSA) is 82.1 Å². The number of rotatable bonds is 7. The van der Waals surface area contributed by atoms with Gasteiger partial charge < -0.3 is 16.0 Å². The molecule has 0 radical (unpaired) electrons. The molecule has 1 aromatic rings. The highest BCUT2D eigenvalue weighted by molar-refractivity contribution is 7.99. The zero-order valence-corrected chi connectivity index (χ0v) is 13.4. The standard InChI is InChI=1S/C16H22N4OS/c17-11-13-5-1-2-7-15(13)19-8-4-3-6-14(18)16(21)20-9-10-22-12-20/h1-2,5,7,14,19H,3-4,6,8-10,12,18H2. The van der Waals surface area contributed by atoms with Gasteiger partial charge in [0.15, 0.2) is 0 Å². The quantitative estimate of drug-likeness (QED) is 0.751. The lowest BCUT2D eigenvalue weighted by molar-refractivity contribution is -0.131. The summed E-state index contributed by atoms with van der Waals surface area (Å²) in [5, 5.41) is 12.3. The molecule has 6 heteroatoms. The van der Waals surface area contributed by atoms with Crippen molar-refractivity contribution in [3.63, 3.8) is 0 Å². The van der Waals surface area contributed by atoms with Crippen LogP contribution < -0.4 is 11.1 Å². The van der Waals surface area contributed by atoms with Crippen molar-refractivity contribution in [2.75, 3.05) is 30.0 Å². The van der Waals surface area contributed by atoms with Crippen LogP contribution in [0.1, 0.15) is 24.8 Å². The molecule has 0 bridgehead atoms. The molecule has 1 atom stereocenters. The minimum Gasteiger partial charge on any atom is -0.384 e. The molecule has 0 aliphatic carbocycles. The van der Waals surface area contributed by atoms with E-state index in [2.05, 4.69) is 11.4 Å². The van der Waals surface area contributed by atoms with Crippen LogP contribution in [0.25, 0.3) is 0 Å². The van der Waals surface area contributed by atoms with Crippen molar-refractivity contribution in [2.24, 2.45) is 5.73 Å². The molecule has 0 saturated carbocycles. The van der Waals surface area contributed by atoms with Gasteiger partial charge in [0, 0.05) is 18.8 Å². The van der Waals surface area contributed by atoms with Gasteiger partial charge >= 0.3 is 0 Å². The highest BCUT2D eigenvalue weighted by atomic mass is 32.2. The number of nitriles is 1. The number of unbranched alkanes of at least 4 members (excludes halogenated alkanes) is 1. The summed E-state index contributed by atoms with van der Waals surface area (Å²) in [6, 6.07) is 9.24. The number of nitrogens with one attached hydrogen (secondary N) is 1. The Morgan fingerprint density at radius 3 is 3.00 bits per heavy atom. The van der Waals surface area contributed by atoms with Crippen molar-refractivity contribution in [1.29, 1.82) is 5.26 Å². The van der Waals surface area contributed by atoms with Crippen molar-refractivity contribution in [3.8, 4) is 6.07 Å². The second-order valence-electron chi connectivity index (χ2n) is 5.33. The number of hydrogen-bond donors (Lipinski definition) is 2. The third kappa shape index (κ3) is 4.65. The fourth-order valence-electron chi connectivity index (χ4n) is 2.39. The molecule has 1 aromatic carbocycles. The van der Waals surface area contributed by atoms with E-state index in [4.69, 9.17) is 11.0 Å². The molecular formula is C16H22N4OS. The number of carbonyl (C=O) groups excluding carboxylic acids is 1. The van der Waals surface area contributed by atoms with E-state index in [1.807, 2.05) is 23.1 Å². The molecule has 1 fully saturated rings. The number of benzene rings is 1. The molecule has 1 unspecified atom stereocenters. The van der Waals surface area contributed by atoms with Gasteiger partial charge in [-0.25, -0.2) is 0 Å². The van der Waals surface area contributed by atoms with Gasteiger partial charge in [0.2, 0.25) is 5.91 Å². The van der Waals surface area contributed by atoms with Gasteiger partial charge in [-0.3, -0.25) is 4.79 Å². The van der Waals surface area contributed by atoms with Crippen LogP contribution in [-0.4, -0.2) is 41.6 Å². The molecule has 5 nitrogen and oxygen atoms in total. The van der Waals surface area contributed by atoms with Gasteiger partial charge in [0.05, 0.1) is 23.2 Å². The molecule has 2 rings (SSSR count). The van der Waals surface area contributed by atoms with E-state index in [0.717, 1.165) is 43.2 Å². The van der Waals surface area contributed by atoms with E-state index in [1.54, 1.807) is 17.8 Å². The SMILES string of the molecule is N#Cc1ccccc1NCCCCC(N)C(=O)N1CCSC1. The molecule has 1 aliphatic rings. The van der Waals surface area contributed by atoms with Gasteiger partial charge in [0.25, 0.3) is 0 Å². The predicted molar refractivity (Wildman–Crippen MR) is 90.5 cm³/mol. The number of nitrogens with two attached hydrogens (primary N) is 1. The highest BCUT2D eigenvalue weighted by Gasteiger charge is 2.23. The molecule has 3 N–H and O–H groups in total. The van der Waals surface area contributed by atoms with E-state index in [-0.39, 0.29) is 11.9 Å². The molecule has 0 spiro atoms. The van der Waals surface area contributed by atoms with Gasteiger partial charge in [-0.1, -0.05) is 12.1 Å².